The molecule has 0 N–H and O–H groups in total. The molecule has 2 spiro atoms. The normalized spacial score (nSPS) is 30.7. The Labute approximate surface area is 153 Å². The van der Waals surface area contributed by atoms with Gasteiger partial charge in [-0.05, 0) is 36.1 Å². The van der Waals surface area contributed by atoms with Gasteiger partial charge in [-0.2, -0.15) is 0 Å². The minimum absolute atomic E-state index is 0.103. The highest BCUT2D eigenvalue weighted by Crippen LogP contribution is 2.63. The highest BCUT2D eigenvalue weighted by Gasteiger charge is 2.68. The molecule has 2 atom stereocenters. The fourth-order valence-electron chi connectivity index (χ4n) is 5.99. The Morgan fingerprint density at radius 2 is 1.12 bits per heavy atom. The van der Waals surface area contributed by atoms with E-state index in [4.69, 9.17) is 9.98 Å². The van der Waals surface area contributed by atoms with Crippen LogP contribution in [-0.4, -0.2) is 48.7 Å². The molecule has 0 bridgehead atoms. The lowest BCUT2D eigenvalue weighted by Crippen LogP contribution is -2.60. The highest BCUT2D eigenvalue weighted by molar-refractivity contribution is 6.13. The van der Waals surface area contributed by atoms with Crippen LogP contribution in [0.15, 0.2) is 58.5 Å². The van der Waals surface area contributed by atoms with Crippen molar-refractivity contribution >= 4 is 23.0 Å². The maximum absolute atomic E-state index is 5.21. The van der Waals surface area contributed by atoms with Crippen molar-refractivity contribution in [1.82, 2.24) is 9.80 Å². The van der Waals surface area contributed by atoms with Crippen molar-refractivity contribution in [3.63, 3.8) is 0 Å². The van der Waals surface area contributed by atoms with E-state index in [1.807, 2.05) is 0 Å². The third-order valence-electron chi connectivity index (χ3n) is 7.04. The molecule has 4 nitrogen and oxygen atoms in total. The molecule has 26 heavy (non-hydrogen) atoms. The molecule has 0 unspecified atom stereocenters. The minimum atomic E-state index is -0.103. The van der Waals surface area contributed by atoms with E-state index < -0.39 is 0 Å². The van der Waals surface area contributed by atoms with Crippen LogP contribution in [0.3, 0.4) is 0 Å². The molecule has 0 radical (unpaired) electrons. The maximum atomic E-state index is 5.21. The zero-order chi connectivity index (χ0) is 17.5. The predicted molar refractivity (Wildman–Crippen MR) is 105 cm³/mol. The van der Waals surface area contributed by atoms with Crippen LogP contribution >= 0.6 is 0 Å². The second-order valence-electron chi connectivity index (χ2n) is 8.06. The lowest BCUT2D eigenvalue weighted by Gasteiger charge is -2.52. The largest absolute Gasteiger partial charge is 0.362 e. The standard InChI is InChI=1S/C22H22N4/c1-25-13-11-21-15-7-3-6-10-18(15)24-20-22(21,12-14-26(20)2)16-8-4-5-9-17(16)23-19(21)25/h3-10H,11-14H2,1-2H3/t21-,22-/m0/s1. The van der Waals surface area contributed by atoms with Gasteiger partial charge in [0.2, 0.25) is 0 Å². The molecule has 6 rings (SSSR count). The van der Waals surface area contributed by atoms with E-state index in [0.717, 1.165) is 37.3 Å². The van der Waals surface area contributed by atoms with Gasteiger partial charge in [-0.3, -0.25) is 0 Å². The van der Waals surface area contributed by atoms with Gasteiger partial charge in [0.1, 0.15) is 11.7 Å². The number of rotatable bonds is 0. The Kier molecular flexibility index (Phi) is 2.55. The summed E-state index contributed by atoms with van der Waals surface area (Å²) in [5.74, 6) is 2.46. The molecule has 4 heterocycles. The molecule has 0 saturated carbocycles. The summed E-state index contributed by atoms with van der Waals surface area (Å²) >= 11 is 0. The molecule has 0 aromatic heterocycles. The third kappa shape index (κ3) is 1.37. The molecule has 2 fully saturated rings. The molecular formula is C22H22N4. The number of hydrogen-bond donors (Lipinski definition) is 0. The van der Waals surface area contributed by atoms with Crippen molar-refractivity contribution in [3.8, 4) is 0 Å². The molecule has 2 saturated heterocycles. The molecule has 4 heteroatoms. The fourth-order valence-corrected chi connectivity index (χ4v) is 5.99. The Hall–Kier alpha value is -2.62. The zero-order valence-electron chi connectivity index (χ0n) is 15.2. The molecular weight excluding hydrogens is 320 g/mol. The number of aliphatic imine (C=N–C) groups is 2. The van der Waals surface area contributed by atoms with Gasteiger partial charge in [-0.25, -0.2) is 9.98 Å². The number of fused-ring (bicyclic) bond motifs is 2. The van der Waals surface area contributed by atoms with Gasteiger partial charge < -0.3 is 9.80 Å². The molecule has 0 aliphatic carbocycles. The summed E-state index contributed by atoms with van der Waals surface area (Å²) in [6.45, 7) is 2.08. The molecule has 130 valence electrons. The second kappa shape index (κ2) is 4.56. The molecule has 4 aliphatic heterocycles. The van der Waals surface area contributed by atoms with Crippen LogP contribution in [0.5, 0.6) is 0 Å². The number of para-hydroxylation sites is 2. The van der Waals surface area contributed by atoms with E-state index in [1.54, 1.807) is 0 Å². The minimum Gasteiger partial charge on any atom is -0.362 e. The van der Waals surface area contributed by atoms with E-state index in [9.17, 15) is 0 Å². The van der Waals surface area contributed by atoms with Crippen LogP contribution in [0.4, 0.5) is 11.4 Å². The summed E-state index contributed by atoms with van der Waals surface area (Å²) in [4.78, 5) is 15.2. The van der Waals surface area contributed by atoms with E-state index >= 15 is 0 Å². The summed E-state index contributed by atoms with van der Waals surface area (Å²) in [6.07, 6.45) is 2.20. The molecule has 4 aliphatic rings. The van der Waals surface area contributed by atoms with Gasteiger partial charge in [0.25, 0.3) is 0 Å². The van der Waals surface area contributed by atoms with Gasteiger partial charge in [0.05, 0.1) is 22.2 Å². The van der Waals surface area contributed by atoms with Crippen LogP contribution in [0.25, 0.3) is 0 Å². The van der Waals surface area contributed by atoms with Crippen molar-refractivity contribution in [2.75, 3.05) is 27.2 Å². The first kappa shape index (κ1) is 14.5. The summed E-state index contributed by atoms with van der Waals surface area (Å²) in [6, 6.07) is 17.5. The number of likely N-dealkylation sites (tertiary alicyclic amines) is 2. The van der Waals surface area contributed by atoms with Gasteiger partial charge in [0.15, 0.2) is 0 Å². The lowest BCUT2D eigenvalue weighted by atomic mass is 9.52. The number of hydrogen-bond acceptors (Lipinski definition) is 4. The Balaban J connectivity index is 1.81. The lowest BCUT2D eigenvalue weighted by molar-refractivity contribution is 0.372. The summed E-state index contributed by atoms with van der Waals surface area (Å²) < 4.78 is 0. The third-order valence-corrected chi connectivity index (χ3v) is 7.04. The Morgan fingerprint density at radius 1 is 0.692 bits per heavy atom. The average Bonchev–Trinajstić information content (AvgIpc) is 3.18. The van der Waals surface area contributed by atoms with Crippen molar-refractivity contribution in [3.05, 3.63) is 59.7 Å². The van der Waals surface area contributed by atoms with E-state index in [1.165, 1.54) is 22.8 Å². The molecule has 2 aromatic carbocycles. The van der Waals surface area contributed by atoms with Crippen LogP contribution in [-0.2, 0) is 10.8 Å². The maximum Gasteiger partial charge on any atom is 0.117 e. The average molecular weight is 342 g/mol. The Bertz CT molecular complexity index is 925. The van der Waals surface area contributed by atoms with E-state index in [0.29, 0.717) is 0 Å². The van der Waals surface area contributed by atoms with Crippen molar-refractivity contribution in [1.29, 1.82) is 0 Å². The van der Waals surface area contributed by atoms with Crippen molar-refractivity contribution < 1.29 is 0 Å². The second-order valence-corrected chi connectivity index (χ2v) is 8.06. The predicted octanol–water partition coefficient (Wildman–Crippen LogP) is 3.62. The van der Waals surface area contributed by atoms with Gasteiger partial charge in [-0.1, -0.05) is 36.4 Å². The highest BCUT2D eigenvalue weighted by atomic mass is 15.3. The van der Waals surface area contributed by atoms with Crippen molar-refractivity contribution in [2.45, 2.75) is 23.7 Å². The van der Waals surface area contributed by atoms with E-state index in [-0.39, 0.29) is 10.8 Å². The summed E-state index contributed by atoms with van der Waals surface area (Å²) in [5.41, 5.74) is 4.75. The molecule has 0 amide bonds. The number of amidine groups is 2. The topological polar surface area (TPSA) is 31.2 Å². The van der Waals surface area contributed by atoms with Crippen molar-refractivity contribution in [2.24, 2.45) is 9.98 Å². The van der Waals surface area contributed by atoms with Gasteiger partial charge in [0, 0.05) is 27.2 Å². The monoisotopic (exact) mass is 342 g/mol. The van der Waals surface area contributed by atoms with Crippen LogP contribution in [0.1, 0.15) is 24.0 Å². The molecule has 2 aromatic rings. The number of likely N-dealkylation sites (N-methyl/N-ethyl adjacent to an activating group) is 2. The van der Waals surface area contributed by atoms with Gasteiger partial charge in [-0.15, -0.1) is 0 Å². The van der Waals surface area contributed by atoms with E-state index in [2.05, 4.69) is 72.4 Å². The zero-order valence-corrected chi connectivity index (χ0v) is 15.2. The summed E-state index contributed by atoms with van der Waals surface area (Å²) in [5, 5.41) is 0. The van der Waals surface area contributed by atoms with Gasteiger partial charge >= 0.3 is 0 Å². The number of nitrogens with zero attached hydrogens (tertiary/aromatic N) is 4. The number of benzene rings is 2. The summed E-state index contributed by atoms with van der Waals surface area (Å²) in [7, 11) is 4.39. The van der Waals surface area contributed by atoms with Crippen LogP contribution in [0, 0.1) is 0 Å². The SMILES string of the molecule is CN1CC[C@]23C1=Nc1ccccc1[C@]21CCN(C)C1=Nc1ccccc13. The first-order valence-electron chi connectivity index (χ1n) is 9.48. The van der Waals surface area contributed by atoms with Crippen LogP contribution < -0.4 is 0 Å². The van der Waals surface area contributed by atoms with Crippen LogP contribution in [0.2, 0.25) is 0 Å². The first-order valence-corrected chi connectivity index (χ1v) is 9.48. The fraction of sp³-hybridized carbons (Fsp3) is 0.364. The first-order chi connectivity index (χ1) is 12.7. The Morgan fingerprint density at radius 3 is 1.58 bits per heavy atom. The smallest absolute Gasteiger partial charge is 0.117 e. The quantitative estimate of drug-likeness (QED) is 0.732.